The predicted molar refractivity (Wildman–Crippen MR) is 74.9 cm³/mol. The summed E-state index contributed by atoms with van der Waals surface area (Å²) < 4.78 is 39.9. The summed E-state index contributed by atoms with van der Waals surface area (Å²) in [6, 6.07) is 6.01. The maximum absolute atomic E-state index is 12.0. The molecule has 1 heterocycles. The molecule has 0 bridgehead atoms. The SMILES string of the molecule is FC(F)(F)Oc1ccc(CNCC2CCSCC2)cc1. The highest BCUT2D eigenvalue weighted by Gasteiger charge is 2.30. The highest BCUT2D eigenvalue weighted by Crippen LogP contribution is 2.23. The highest BCUT2D eigenvalue weighted by atomic mass is 32.2. The minimum atomic E-state index is -4.63. The summed E-state index contributed by atoms with van der Waals surface area (Å²) in [4.78, 5) is 0. The van der Waals surface area contributed by atoms with E-state index in [9.17, 15) is 13.2 Å². The molecule has 112 valence electrons. The smallest absolute Gasteiger partial charge is 0.406 e. The lowest BCUT2D eigenvalue weighted by Gasteiger charge is -2.21. The van der Waals surface area contributed by atoms with Gasteiger partial charge >= 0.3 is 6.36 Å². The van der Waals surface area contributed by atoms with Crippen LogP contribution >= 0.6 is 11.8 Å². The molecule has 1 aliphatic heterocycles. The van der Waals surface area contributed by atoms with Gasteiger partial charge in [-0.15, -0.1) is 13.2 Å². The van der Waals surface area contributed by atoms with E-state index in [1.54, 1.807) is 12.1 Å². The number of hydrogen-bond donors (Lipinski definition) is 1. The van der Waals surface area contributed by atoms with Crippen LogP contribution in [-0.4, -0.2) is 24.4 Å². The van der Waals surface area contributed by atoms with Gasteiger partial charge in [0, 0.05) is 6.54 Å². The number of ether oxygens (including phenoxy) is 1. The van der Waals surface area contributed by atoms with Crippen molar-refractivity contribution in [1.82, 2.24) is 5.32 Å². The lowest BCUT2D eigenvalue weighted by molar-refractivity contribution is -0.274. The molecule has 0 aliphatic carbocycles. The Hall–Kier alpha value is -0.880. The summed E-state index contributed by atoms with van der Waals surface area (Å²) in [5.41, 5.74) is 0.963. The van der Waals surface area contributed by atoms with E-state index in [4.69, 9.17) is 0 Å². The second kappa shape index (κ2) is 7.22. The molecule has 0 saturated carbocycles. The first-order valence-electron chi connectivity index (χ1n) is 6.66. The molecule has 0 aromatic heterocycles. The largest absolute Gasteiger partial charge is 0.573 e. The van der Waals surface area contributed by atoms with E-state index in [-0.39, 0.29) is 5.75 Å². The third kappa shape index (κ3) is 5.63. The number of hydrogen-bond acceptors (Lipinski definition) is 3. The van der Waals surface area contributed by atoms with Crippen LogP contribution < -0.4 is 10.1 Å². The van der Waals surface area contributed by atoms with Gasteiger partial charge < -0.3 is 10.1 Å². The zero-order valence-electron chi connectivity index (χ0n) is 11.1. The van der Waals surface area contributed by atoms with Crippen molar-refractivity contribution in [3.63, 3.8) is 0 Å². The topological polar surface area (TPSA) is 21.3 Å². The lowest BCUT2D eigenvalue weighted by atomic mass is 10.0. The van der Waals surface area contributed by atoms with Crippen LogP contribution in [0.25, 0.3) is 0 Å². The van der Waals surface area contributed by atoms with E-state index in [0.29, 0.717) is 6.54 Å². The van der Waals surface area contributed by atoms with E-state index in [2.05, 4.69) is 10.1 Å². The standard InChI is InChI=1S/C14H18F3NOS/c15-14(16,17)19-13-3-1-11(2-4-13)9-18-10-12-5-7-20-8-6-12/h1-4,12,18H,5-10H2. The Labute approximate surface area is 121 Å². The summed E-state index contributed by atoms with van der Waals surface area (Å²) in [7, 11) is 0. The average Bonchev–Trinajstić information content (AvgIpc) is 2.40. The Morgan fingerprint density at radius 3 is 2.40 bits per heavy atom. The number of benzene rings is 1. The van der Waals surface area contributed by atoms with Gasteiger partial charge in [-0.2, -0.15) is 11.8 Å². The second-order valence-corrected chi connectivity index (χ2v) is 6.10. The van der Waals surface area contributed by atoms with E-state index < -0.39 is 6.36 Å². The van der Waals surface area contributed by atoms with Crippen LogP contribution in [0.5, 0.6) is 5.75 Å². The van der Waals surface area contributed by atoms with E-state index >= 15 is 0 Å². The molecule has 6 heteroatoms. The van der Waals surface area contributed by atoms with Gasteiger partial charge in [-0.25, -0.2) is 0 Å². The molecule has 1 saturated heterocycles. The van der Waals surface area contributed by atoms with E-state index in [1.165, 1.54) is 36.5 Å². The quantitative estimate of drug-likeness (QED) is 0.893. The highest BCUT2D eigenvalue weighted by molar-refractivity contribution is 7.99. The van der Waals surface area contributed by atoms with E-state index in [1.807, 2.05) is 11.8 Å². The Morgan fingerprint density at radius 1 is 1.15 bits per heavy atom. The number of nitrogens with one attached hydrogen (secondary N) is 1. The Kier molecular flexibility index (Phi) is 5.60. The van der Waals surface area contributed by atoms with Crippen molar-refractivity contribution in [3.8, 4) is 5.75 Å². The molecule has 1 aliphatic rings. The molecule has 0 amide bonds. The minimum Gasteiger partial charge on any atom is -0.406 e. The van der Waals surface area contributed by atoms with E-state index in [0.717, 1.165) is 18.0 Å². The molecule has 1 N–H and O–H groups in total. The monoisotopic (exact) mass is 305 g/mol. The van der Waals surface area contributed by atoms with Crippen molar-refractivity contribution in [1.29, 1.82) is 0 Å². The molecule has 0 radical (unpaired) electrons. The molecule has 2 nitrogen and oxygen atoms in total. The number of rotatable bonds is 5. The lowest BCUT2D eigenvalue weighted by Crippen LogP contribution is -2.25. The molecule has 1 fully saturated rings. The third-order valence-corrected chi connectivity index (χ3v) is 4.31. The second-order valence-electron chi connectivity index (χ2n) is 4.88. The molecule has 1 aromatic rings. The van der Waals surface area contributed by atoms with Gasteiger partial charge in [-0.1, -0.05) is 12.1 Å². The van der Waals surface area contributed by atoms with Crippen molar-refractivity contribution >= 4 is 11.8 Å². The summed E-state index contributed by atoms with van der Waals surface area (Å²) >= 11 is 2.00. The van der Waals surface area contributed by atoms with Crippen LogP contribution in [0, 0.1) is 5.92 Å². The van der Waals surface area contributed by atoms with Gasteiger partial charge in [0.25, 0.3) is 0 Å². The normalized spacial score (nSPS) is 17.1. The molecule has 1 aromatic carbocycles. The molecular formula is C14H18F3NOS. The number of halogens is 3. The number of alkyl halides is 3. The summed E-state index contributed by atoms with van der Waals surface area (Å²) in [6.07, 6.45) is -2.13. The fourth-order valence-corrected chi connectivity index (χ4v) is 3.38. The van der Waals surface area contributed by atoms with Crippen molar-refractivity contribution in [2.24, 2.45) is 5.92 Å². The maximum atomic E-state index is 12.0. The summed E-state index contributed by atoms with van der Waals surface area (Å²) in [5.74, 6) is 3.01. The summed E-state index contributed by atoms with van der Waals surface area (Å²) in [5, 5.41) is 3.37. The Morgan fingerprint density at radius 2 is 1.80 bits per heavy atom. The fraction of sp³-hybridized carbons (Fsp3) is 0.571. The molecule has 0 atom stereocenters. The zero-order chi connectivity index (χ0) is 14.4. The molecule has 20 heavy (non-hydrogen) atoms. The minimum absolute atomic E-state index is 0.175. The average molecular weight is 305 g/mol. The molecule has 2 rings (SSSR count). The summed E-state index contributed by atoms with van der Waals surface area (Å²) in [6.45, 7) is 1.65. The van der Waals surface area contributed by atoms with Gasteiger partial charge in [-0.3, -0.25) is 0 Å². The third-order valence-electron chi connectivity index (χ3n) is 3.26. The van der Waals surface area contributed by atoms with Gasteiger partial charge in [-0.05, 0) is 54.5 Å². The van der Waals surface area contributed by atoms with Gasteiger partial charge in [0.15, 0.2) is 0 Å². The molecule has 0 unspecified atom stereocenters. The van der Waals surface area contributed by atoms with Crippen molar-refractivity contribution in [2.45, 2.75) is 25.7 Å². The maximum Gasteiger partial charge on any atom is 0.573 e. The predicted octanol–water partition coefficient (Wildman–Crippen LogP) is 3.82. The zero-order valence-corrected chi connectivity index (χ0v) is 11.9. The molecular weight excluding hydrogens is 287 g/mol. The van der Waals surface area contributed by atoms with Crippen LogP contribution in [0.1, 0.15) is 18.4 Å². The van der Waals surface area contributed by atoms with Crippen molar-refractivity contribution < 1.29 is 17.9 Å². The van der Waals surface area contributed by atoms with Gasteiger partial charge in [0.1, 0.15) is 5.75 Å². The Balaban J connectivity index is 1.73. The van der Waals surface area contributed by atoms with Gasteiger partial charge in [0.05, 0.1) is 0 Å². The molecule has 0 spiro atoms. The first-order valence-corrected chi connectivity index (χ1v) is 7.81. The van der Waals surface area contributed by atoms with Crippen molar-refractivity contribution in [3.05, 3.63) is 29.8 Å². The van der Waals surface area contributed by atoms with Crippen molar-refractivity contribution in [2.75, 3.05) is 18.1 Å². The first kappa shape index (κ1) is 15.5. The van der Waals surface area contributed by atoms with Crippen LogP contribution in [0.2, 0.25) is 0 Å². The van der Waals surface area contributed by atoms with Gasteiger partial charge in [0.2, 0.25) is 0 Å². The van der Waals surface area contributed by atoms with Crippen LogP contribution in [0.3, 0.4) is 0 Å². The Bertz CT molecular complexity index is 402. The van der Waals surface area contributed by atoms with Crippen LogP contribution in [-0.2, 0) is 6.54 Å². The first-order chi connectivity index (χ1) is 9.53. The van der Waals surface area contributed by atoms with Crippen LogP contribution in [0.15, 0.2) is 24.3 Å². The fourth-order valence-electron chi connectivity index (χ4n) is 2.18. The number of thioether (sulfide) groups is 1. The van der Waals surface area contributed by atoms with Crippen LogP contribution in [0.4, 0.5) is 13.2 Å².